The summed E-state index contributed by atoms with van der Waals surface area (Å²) in [4.78, 5) is 12.6. The van der Waals surface area contributed by atoms with Gasteiger partial charge in [0, 0.05) is 34.7 Å². The van der Waals surface area contributed by atoms with Crippen molar-refractivity contribution in [1.82, 2.24) is 0 Å². The number of nitro groups is 1. The van der Waals surface area contributed by atoms with E-state index < -0.39 is 0 Å². The molecule has 2 aromatic rings. The van der Waals surface area contributed by atoms with Gasteiger partial charge in [0.2, 0.25) is 0 Å². The summed E-state index contributed by atoms with van der Waals surface area (Å²) in [7, 11) is 1.76. The lowest BCUT2D eigenvalue weighted by atomic mass is 10.2. The van der Waals surface area contributed by atoms with E-state index in [4.69, 9.17) is 0 Å². The van der Waals surface area contributed by atoms with Crippen molar-refractivity contribution in [3.8, 4) is 0 Å². The maximum absolute atomic E-state index is 11.0. The summed E-state index contributed by atoms with van der Waals surface area (Å²) in [5.74, 6) is 0. The Balaban J connectivity index is 2.39. The van der Waals surface area contributed by atoms with Gasteiger partial charge in [0.1, 0.15) is 0 Å². The molecule has 2 rings (SSSR count). The van der Waals surface area contributed by atoms with Gasteiger partial charge >= 0.3 is 0 Å². The van der Waals surface area contributed by atoms with Crippen LogP contribution < -0.4 is 5.32 Å². The second-order valence-corrected chi connectivity index (χ2v) is 5.71. The number of nitro benzene ring substituents is 1. The Bertz CT molecular complexity index is 656. The fourth-order valence-corrected chi connectivity index (χ4v) is 2.93. The van der Waals surface area contributed by atoms with E-state index in [1.165, 1.54) is 11.6 Å². The molecule has 0 amide bonds. The Morgan fingerprint density at radius 1 is 1.15 bits per heavy atom. The molecule has 20 heavy (non-hydrogen) atoms. The van der Waals surface area contributed by atoms with E-state index in [2.05, 4.69) is 23.5 Å². The maximum atomic E-state index is 11.0. The summed E-state index contributed by atoms with van der Waals surface area (Å²) in [6.45, 7) is 4.08. The van der Waals surface area contributed by atoms with Crippen molar-refractivity contribution < 1.29 is 4.92 Å². The van der Waals surface area contributed by atoms with Crippen LogP contribution in [-0.4, -0.2) is 12.0 Å². The molecule has 2 aromatic carbocycles. The summed E-state index contributed by atoms with van der Waals surface area (Å²) in [5.41, 5.74) is 3.19. The largest absolute Gasteiger partial charge is 0.388 e. The average molecular weight is 288 g/mol. The van der Waals surface area contributed by atoms with Crippen LogP contribution in [0.3, 0.4) is 0 Å². The zero-order valence-corrected chi connectivity index (χ0v) is 12.5. The van der Waals surface area contributed by atoms with Gasteiger partial charge in [-0.2, -0.15) is 0 Å². The molecule has 1 N–H and O–H groups in total. The Kier molecular flexibility index (Phi) is 4.29. The monoisotopic (exact) mass is 288 g/mol. The molecule has 0 aliphatic heterocycles. The summed E-state index contributed by atoms with van der Waals surface area (Å²) in [6, 6.07) is 11.3. The van der Waals surface area contributed by atoms with Crippen LogP contribution in [0, 0.1) is 24.0 Å². The molecular formula is C15H16N2O2S. The Hall–Kier alpha value is -2.01. The normalized spacial score (nSPS) is 10.3. The highest BCUT2D eigenvalue weighted by Crippen LogP contribution is 2.34. The van der Waals surface area contributed by atoms with Gasteiger partial charge in [0.05, 0.1) is 4.92 Å². The first-order valence-corrected chi connectivity index (χ1v) is 7.03. The highest BCUT2D eigenvalue weighted by Gasteiger charge is 2.11. The number of benzene rings is 2. The third-order valence-corrected chi connectivity index (χ3v) is 4.09. The predicted molar refractivity (Wildman–Crippen MR) is 82.7 cm³/mol. The quantitative estimate of drug-likeness (QED) is 0.669. The smallest absolute Gasteiger partial charge is 0.272 e. The summed E-state index contributed by atoms with van der Waals surface area (Å²) in [6.07, 6.45) is 0. The third-order valence-electron chi connectivity index (χ3n) is 2.96. The van der Waals surface area contributed by atoms with Gasteiger partial charge in [-0.15, -0.1) is 0 Å². The van der Waals surface area contributed by atoms with Crippen molar-refractivity contribution in [3.05, 3.63) is 57.6 Å². The third kappa shape index (κ3) is 3.30. The van der Waals surface area contributed by atoms with Crippen LogP contribution in [0.5, 0.6) is 0 Å². The minimum atomic E-state index is -0.367. The number of hydrogen-bond donors (Lipinski definition) is 1. The van der Waals surface area contributed by atoms with Crippen molar-refractivity contribution in [2.75, 3.05) is 12.4 Å². The van der Waals surface area contributed by atoms with Crippen LogP contribution in [0.2, 0.25) is 0 Å². The van der Waals surface area contributed by atoms with Gasteiger partial charge < -0.3 is 5.32 Å². The molecule has 0 bridgehead atoms. The van der Waals surface area contributed by atoms with Crippen molar-refractivity contribution in [3.63, 3.8) is 0 Å². The van der Waals surface area contributed by atoms with Crippen molar-refractivity contribution in [2.24, 2.45) is 0 Å². The van der Waals surface area contributed by atoms with E-state index in [0.29, 0.717) is 0 Å². The molecule has 104 valence electrons. The summed E-state index contributed by atoms with van der Waals surface area (Å²) < 4.78 is 0. The summed E-state index contributed by atoms with van der Waals surface area (Å²) in [5, 5.41) is 13.9. The lowest BCUT2D eigenvalue weighted by Gasteiger charge is -2.08. The highest BCUT2D eigenvalue weighted by molar-refractivity contribution is 7.99. The van der Waals surface area contributed by atoms with Gasteiger partial charge in [-0.25, -0.2) is 0 Å². The Morgan fingerprint density at radius 2 is 1.90 bits per heavy atom. The number of anilines is 1. The van der Waals surface area contributed by atoms with Crippen LogP contribution in [0.15, 0.2) is 46.2 Å². The molecule has 0 aliphatic carbocycles. The fourth-order valence-electron chi connectivity index (χ4n) is 1.84. The first kappa shape index (κ1) is 14.4. The SMILES string of the molecule is CNc1cc(Sc2cc(C)ccc2C)cc([N+](=O)[O-])c1. The van der Waals surface area contributed by atoms with Crippen LogP contribution >= 0.6 is 11.8 Å². The summed E-state index contributed by atoms with van der Waals surface area (Å²) >= 11 is 1.55. The number of rotatable bonds is 4. The lowest BCUT2D eigenvalue weighted by Crippen LogP contribution is -1.93. The minimum absolute atomic E-state index is 0.102. The topological polar surface area (TPSA) is 55.2 Å². The zero-order valence-electron chi connectivity index (χ0n) is 11.6. The number of hydrogen-bond acceptors (Lipinski definition) is 4. The molecule has 5 heteroatoms. The standard InChI is InChI=1S/C15H16N2O2S/c1-10-4-5-11(2)15(6-10)20-14-8-12(16-3)7-13(9-14)17(18)19/h4-9,16H,1-3H3. The van der Waals surface area contributed by atoms with E-state index in [0.717, 1.165) is 21.0 Å². The van der Waals surface area contributed by atoms with Gasteiger partial charge in [0.15, 0.2) is 0 Å². The highest BCUT2D eigenvalue weighted by atomic mass is 32.2. The van der Waals surface area contributed by atoms with Gasteiger partial charge in [0.25, 0.3) is 5.69 Å². The zero-order chi connectivity index (χ0) is 14.7. The molecule has 0 spiro atoms. The first-order valence-electron chi connectivity index (χ1n) is 6.22. The molecule has 0 saturated heterocycles. The van der Waals surface area contributed by atoms with E-state index in [9.17, 15) is 10.1 Å². The second kappa shape index (κ2) is 5.96. The van der Waals surface area contributed by atoms with Crippen LogP contribution in [0.4, 0.5) is 11.4 Å². The molecule has 0 radical (unpaired) electrons. The van der Waals surface area contributed by atoms with Crippen molar-refractivity contribution in [2.45, 2.75) is 23.6 Å². The fraction of sp³-hybridized carbons (Fsp3) is 0.200. The molecule has 0 heterocycles. The Labute approximate surface area is 122 Å². The molecule has 4 nitrogen and oxygen atoms in total. The van der Waals surface area contributed by atoms with Crippen LogP contribution in [-0.2, 0) is 0 Å². The maximum Gasteiger partial charge on any atom is 0.272 e. The molecule has 0 fully saturated rings. The van der Waals surface area contributed by atoms with E-state index in [-0.39, 0.29) is 10.6 Å². The number of aryl methyl sites for hydroxylation is 2. The van der Waals surface area contributed by atoms with Crippen LogP contribution in [0.25, 0.3) is 0 Å². The van der Waals surface area contributed by atoms with Gasteiger partial charge in [-0.05, 0) is 37.1 Å². The molecule has 0 saturated carbocycles. The van der Waals surface area contributed by atoms with Crippen molar-refractivity contribution in [1.29, 1.82) is 0 Å². The lowest BCUT2D eigenvalue weighted by molar-refractivity contribution is -0.385. The Morgan fingerprint density at radius 3 is 2.55 bits per heavy atom. The second-order valence-electron chi connectivity index (χ2n) is 4.59. The first-order chi connectivity index (χ1) is 9.49. The van der Waals surface area contributed by atoms with Crippen molar-refractivity contribution >= 4 is 23.1 Å². The number of nitrogens with one attached hydrogen (secondary N) is 1. The van der Waals surface area contributed by atoms with Gasteiger partial charge in [-0.3, -0.25) is 10.1 Å². The van der Waals surface area contributed by atoms with Crippen LogP contribution in [0.1, 0.15) is 11.1 Å². The molecule has 0 aromatic heterocycles. The van der Waals surface area contributed by atoms with E-state index >= 15 is 0 Å². The molecule has 0 aliphatic rings. The van der Waals surface area contributed by atoms with E-state index in [1.54, 1.807) is 24.9 Å². The van der Waals surface area contributed by atoms with Gasteiger partial charge in [-0.1, -0.05) is 23.9 Å². The molecular weight excluding hydrogens is 272 g/mol. The number of nitrogens with zero attached hydrogens (tertiary/aromatic N) is 1. The predicted octanol–water partition coefficient (Wildman–Crippen LogP) is 4.40. The average Bonchev–Trinajstić information content (AvgIpc) is 2.42. The molecule has 0 unspecified atom stereocenters. The minimum Gasteiger partial charge on any atom is -0.388 e. The van der Waals surface area contributed by atoms with E-state index in [1.807, 2.05) is 19.9 Å². The molecule has 0 atom stereocenters. The number of non-ortho nitro benzene ring substituents is 1.